The highest BCUT2D eigenvalue weighted by atomic mass is 79.9. The molecule has 0 unspecified atom stereocenters. The van der Waals surface area contributed by atoms with Crippen LogP contribution in [0.15, 0.2) is 27.6 Å². The second-order valence-corrected chi connectivity index (χ2v) is 7.28. The van der Waals surface area contributed by atoms with E-state index in [2.05, 4.69) is 15.9 Å². The van der Waals surface area contributed by atoms with Gasteiger partial charge < -0.3 is 5.11 Å². The van der Waals surface area contributed by atoms with Crippen molar-refractivity contribution in [2.24, 2.45) is 0 Å². The maximum Gasteiger partial charge on any atom is 0.324 e. The molecular weight excluding hydrogens is 315 g/mol. The Labute approximate surface area is 107 Å². The lowest BCUT2D eigenvalue weighted by Gasteiger charge is -2.20. The van der Waals surface area contributed by atoms with Crippen LogP contribution in [0.4, 0.5) is 4.39 Å². The SMILES string of the molecule is CC(C)(C(=O)O)S(=O)(=O)c1cc(Br)ccc1F. The van der Waals surface area contributed by atoms with E-state index in [1.165, 1.54) is 6.07 Å². The van der Waals surface area contributed by atoms with Crippen LogP contribution in [-0.4, -0.2) is 24.2 Å². The number of aliphatic carboxylic acids is 1. The molecule has 0 saturated heterocycles. The minimum atomic E-state index is -4.30. The van der Waals surface area contributed by atoms with Gasteiger partial charge in [0.05, 0.1) is 0 Å². The Balaban J connectivity index is 3.52. The van der Waals surface area contributed by atoms with Gasteiger partial charge >= 0.3 is 5.97 Å². The molecule has 17 heavy (non-hydrogen) atoms. The van der Waals surface area contributed by atoms with Gasteiger partial charge in [0.1, 0.15) is 10.7 Å². The molecule has 0 saturated carbocycles. The summed E-state index contributed by atoms with van der Waals surface area (Å²) in [5.74, 6) is -2.50. The molecule has 0 aliphatic heterocycles. The fourth-order valence-electron chi connectivity index (χ4n) is 1.07. The van der Waals surface area contributed by atoms with Crippen LogP contribution in [0, 0.1) is 5.82 Å². The van der Waals surface area contributed by atoms with Crippen molar-refractivity contribution in [2.45, 2.75) is 23.5 Å². The number of carboxylic acid groups (broad SMARTS) is 1. The second-order valence-electron chi connectivity index (χ2n) is 3.89. The summed E-state index contributed by atoms with van der Waals surface area (Å²) in [6, 6.07) is 3.35. The fraction of sp³-hybridized carbons (Fsp3) is 0.300. The summed E-state index contributed by atoms with van der Waals surface area (Å²) >= 11 is 3.01. The summed E-state index contributed by atoms with van der Waals surface area (Å²) in [5, 5.41) is 8.89. The van der Waals surface area contributed by atoms with Gasteiger partial charge in [0.2, 0.25) is 0 Å². The number of hydrogen-bond acceptors (Lipinski definition) is 3. The van der Waals surface area contributed by atoms with E-state index in [1.807, 2.05) is 0 Å². The third kappa shape index (κ3) is 2.35. The maximum absolute atomic E-state index is 13.5. The molecule has 1 aromatic rings. The monoisotopic (exact) mass is 324 g/mol. The van der Waals surface area contributed by atoms with Crippen LogP contribution >= 0.6 is 15.9 Å². The van der Waals surface area contributed by atoms with E-state index in [1.54, 1.807) is 0 Å². The lowest BCUT2D eigenvalue weighted by Crippen LogP contribution is -2.40. The third-order valence-corrected chi connectivity index (χ3v) is 5.27. The molecule has 0 aliphatic rings. The number of hydrogen-bond donors (Lipinski definition) is 1. The minimum absolute atomic E-state index is 0.360. The number of benzene rings is 1. The molecule has 7 heteroatoms. The van der Waals surface area contributed by atoms with Gasteiger partial charge in [-0.1, -0.05) is 15.9 Å². The van der Waals surface area contributed by atoms with E-state index >= 15 is 0 Å². The minimum Gasteiger partial charge on any atom is -0.480 e. The van der Waals surface area contributed by atoms with Gasteiger partial charge in [-0.05, 0) is 32.0 Å². The van der Waals surface area contributed by atoms with Crippen molar-refractivity contribution in [3.8, 4) is 0 Å². The molecule has 0 atom stereocenters. The molecular formula is C10H10BrFO4S. The Morgan fingerprint density at radius 2 is 1.94 bits per heavy atom. The first-order valence-corrected chi connectivity index (χ1v) is 6.81. The van der Waals surface area contributed by atoms with Crippen LogP contribution in [0.5, 0.6) is 0 Å². The molecule has 94 valence electrons. The molecule has 0 amide bonds. The summed E-state index contributed by atoms with van der Waals surface area (Å²) in [4.78, 5) is 10.3. The van der Waals surface area contributed by atoms with Gasteiger partial charge in [0, 0.05) is 4.47 Å². The van der Waals surface area contributed by atoms with Crippen molar-refractivity contribution in [3.05, 3.63) is 28.5 Å². The predicted molar refractivity (Wildman–Crippen MR) is 63.0 cm³/mol. The Morgan fingerprint density at radius 1 is 1.41 bits per heavy atom. The van der Waals surface area contributed by atoms with Crippen molar-refractivity contribution >= 4 is 31.7 Å². The van der Waals surface area contributed by atoms with Crippen molar-refractivity contribution in [1.82, 2.24) is 0 Å². The van der Waals surface area contributed by atoms with Crippen LogP contribution in [0.3, 0.4) is 0 Å². The van der Waals surface area contributed by atoms with Crippen molar-refractivity contribution in [3.63, 3.8) is 0 Å². The first kappa shape index (κ1) is 14.1. The first-order valence-electron chi connectivity index (χ1n) is 4.54. The highest BCUT2D eigenvalue weighted by molar-refractivity contribution is 9.10. The number of sulfone groups is 1. The Kier molecular flexibility index (Phi) is 3.63. The molecule has 0 aromatic heterocycles. The smallest absolute Gasteiger partial charge is 0.324 e. The Hall–Kier alpha value is -0.950. The summed E-state index contributed by atoms with van der Waals surface area (Å²) in [7, 11) is -4.30. The molecule has 1 rings (SSSR count). The Bertz CT molecular complexity index is 566. The van der Waals surface area contributed by atoms with E-state index in [0.29, 0.717) is 4.47 Å². The molecule has 1 aromatic carbocycles. The number of halogens is 2. The van der Waals surface area contributed by atoms with Crippen molar-refractivity contribution in [1.29, 1.82) is 0 Å². The quantitative estimate of drug-likeness (QED) is 0.925. The number of rotatable bonds is 3. The number of carboxylic acids is 1. The number of carbonyl (C=O) groups is 1. The molecule has 0 spiro atoms. The predicted octanol–water partition coefficient (Wildman–Crippen LogP) is 2.23. The topological polar surface area (TPSA) is 71.4 Å². The van der Waals surface area contributed by atoms with Gasteiger partial charge in [-0.25, -0.2) is 12.8 Å². The summed E-state index contributed by atoms with van der Waals surface area (Å²) in [5.41, 5.74) is 0. The zero-order chi connectivity index (χ0) is 13.4. The summed E-state index contributed by atoms with van der Waals surface area (Å²) in [6.45, 7) is 2.04. The molecule has 0 fully saturated rings. The summed E-state index contributed by atoms with van der Waals surface area (Å²) in [6.07, 6.45) is 0. The molecule has 0 radical (unpaired) electrons. The van der Waals surface area contributed by atoms with Crippen molar-refractivity contribution < 1.29 is 22.7 Å². The molecule has 4 nitrogen and oxygen atoms in total. The van der Waals surface area contributed by atoms with Gasteiger partial charge in [-0.15, -0.1) is 0 Å². The average molecular weight is 325 g/mol. The van der Waals surface area contributed by atoms with Gasteiger partial charge in [0.25, 0.3) is 0 Å². The highest BCUT2D eigenvalue weighted by Crippen LogP contribution is 2.29. The zero-order valence-corrected chi connectivity index (χ0v) is 11.5. The van der Waals surface area contributed by atoms with Gasteiger partial charge in [0.15, 0.2) is 14.6 Å². The standard InChI is InChI=1S/C10H10BrFO4S/c1-10(2,9(13)14)17(15,16)8-5-6(11)3-4-7(8)12/h3-5H,1-2H3,(H,13,14). The van der Waals surface area contributed by atoms with Gasteiger partial charge in [-0.2, -0.15) is 0 Å². The molecule has 0 bridgehead atoms. The first-order chi connectivity index (χ1) is 7.60. The zero-order valence-electron chi connectivity index (χ0n) is 9.07. The van der Waals surface area contributed by atoms with E-state index in [4.69, 9.17) is 5.11 Å². The Morgan fingerprint density at radius 3 is 2.41 bits per heavy atom. The van der Waals surface area contributed by atoms with E-state index in [0.717, 1.165) is 26.0 Å². The fourth-order valence-corrected chi connectivity index (χ4v) is 2.97. The van der Waals surface area contributed by atoms with Crippen LogP contribution in [0.2, 0.25) is 0 Å². The summed E-state index contributed by atoms with van der Waals surface area (Å²) < 4.78 is 35.8. The molecule has 1 N–H and O–H groups in total. The third-order valence-electron chi connectivity index (χ3n) is 2.37. The highest BCUT2D eigenvalue weighted by Gasteiger charge is 2.44. The van der Waals surface area contributed by atoms with Crippen LogP contribution in [-0.2, 0) is 14.6 Å². The van der Waals surface area contributed by atoms with E-state index in [9.17, 15) is 17.6 Å². The molecule has 0 aliphatic carbocycles. The maximum atomic E-state index is 13.5. The van der Waals surface area contributed by atoms with Crippen molar-refractivity contribution in [2.75, 3.05) is 0 Å². The molecule has 0 heterocycles. The lowest BCUT2D eigenvalue weighted by atomic mass is 10.2. The van der Waals surface area contributed by atoms with Gasteiger partial charge in [-0.3, -0.25) is 4.79 Å². The van der Waals surface area contributed by atoms with Crippen LogP contribution < -0.4 is 0 Å². The van der Waals surface area contributed by atoms with Crippen LogP contribution in [0.25, 0.3) is 0 Å². The van der Waals surface area contributed by atoms with E-state index < -0.39 is 31.3 Å². The largest absolute Gasteiger partial charge is 0.480 e. The normalized spacial score (nSPS) is 12.5. The lowest BCUT2D eigenvalue weighted by molar-refractivity contribution is -0.139. The van der Waals surface area contributed by atoms with Crippen LogP contribution in [0.1, 0.15) is 13.8 Å². The second kappa shape index (κ2) is 4.38. The average Bonchev–Trinajstić information content (AvgIpc) is 2.21. The van der Waals surface area contributed by atoms with E-state index in [-0.39, 0.29) is 0 Å².